The van der Waals surface area contributed by atoms with E-state index in [1.54, 1.807) is 29.4 Å². The number of aryl methyl sites for hydroxylation is 1. The fourth-order valence-corrected chi connectivity index (χ4v) is 5.38. The van der Waals surface area contributed by atoms with Crippen LogP contribution in [-0.4, -0.2) is 31.5 Å². The molecule has 0 bridgehead atoms. The monoisotopic (exact) mass is 412 g/mol. The second-order valence-corrected chi connectivity index (χ2v) is 10.1. The first-order valence-corrected chi connectivity index (χ1v) is 11.0. The van der Waals surface area contributed by atoms with Crippen LogP contribution in [0.15, 0.2) is 30.3 Å². The third-order valence-corrected chi connectivity index (χ3v) is 7.30. The van der Waals surface area contributed by atoms with E-state index >= 15 is 0 Å². The molecular formula is C23H28N2O3S. The molecule has 2 atom stereocenters. The molecule has 29 heavy (non-hydrogen) atoms. The summed E-state index contributed by atoms with van der Waals surface area (Å²) in [5.74, 6) is 0.918. The number of fused-ring (bicyclic) bond motifs is 2. The molecule has 1 aromatic heterocycles. The summed E-state index contributed by atoms with van der Waals surface area (Å²) < 4.78 is 5.83. The van der Waals surface area contributed by atoms with Gasteiger partial charge in [0.25, 0.3) is 11.8 Å². The van der Waals surface area contributed by atoms with E-state index in [0.717, 1.165) is 23.4 Å². The van der Waals surface area contributed by atoms with Crippen LogP contribution in [0.5, 0.6) is 5.75 Å². The van der Waals surface area contributed by atoms with E-state index in [9.17, 15) is 9.59 Å². The van der Waals surface area contributed by atoms with Crippen LogP contribution in [0.4, 0.5) is 5.69 Å². The molecule has 4 rings (SSSR count). The first kappa shape index (κ1) is 20.0. The Kier molecular flexibility index (Phi) is 5.15. The van der Waals surface area contributed by atoms with Crippen molar-refractivity contribution in [1.29, 1.82) is 0 Å². The maximum absolute atomic E-state index is 13.5. The quantitative estimate of drug-likeness (QED) is 0.809. The maximum Gasteiger partial charge on any atom is 0.268 e. The van der Waals surface area contributed by atoms with E-state index in [-0.39, 0.29) is 23.8 Å². The van der Waals surface area contributed by atoms with Crippen molar-refractivity contribution >= 4 is 28.8 Å². The molecule has 0 fully saturated rings. The standard InChI is InChI=1S/C23H28N2O3S/c1-23(2,3)15-9-10-19-14(11-15)12-20(29-19)22(27)25-13-18(21(26)24-4)28-17-8-6-5-7-16(17)25/h5-8,12,15,18H,9-11,13H2,1-4H3,(H,24,26)/t15-,18-/m1/s1. The number of hydrogen-bond donors (Lipinski definition) is 1. The lowest BCUT2D eigenvalue weighted by molar-refractivity contribution is -0.127. The molecule has 0 spiro atoms. The number of nitrogens with one attached hydrogen (secondary N) is 1. The third-order valence-electron chi connectivity index (χ3n) is 6.08. The molecule has 5 nitrogen and oxygen atoms in total. The van der Waals surface area contributed by atoms with Crippen LogP contribution in [0, 0.1) is 11.3 Å². The Bertz CT molecular complexity index is 944. The Morgan fingerprint density at radius 3 is 2.72 bits per heavy atom. The van der Waals surface area contributed by atoms with Crippen LogP contribution in [0.3, 0.4) is 0 Å². The van der Waals surface area contributed by atoms with Gasteiger partial charge in [0.05, 0.1) is 17.1 Å². The van der Waals surface area contributed by atoms with Crippen molar-refractivity contribution in [2.75, 3.05) is 18.5 Å². The molecule has 2 heterocycles. The van der Waals surface area contributed by atoms with Gasteiger partial charge in [-0.15, -0.1) is 11.3 Å². The summed E-state index contributed by atoms with van der Waals surface area (Å²) in [4.78, 5) is 29.4. The minimum absolute atomic E-state index is 0.0543. The second kappa shape index (κ2) is 7.48. The number of likely N-dealkylation sites (N-methyl/N-ethyl adjacent to an activating group) is 1. The zero-order valence-corrected chi connectivity index (χ0v) is 18.3. The van der Waals surface area contributed by atoms with E-state index in [4.69, 9.17) is 4.74 Å². The highest BCUT2D eigenvalue weighted by Crippen LogP contribution is 2.41. The summed E-state index contributed by atoms with van der Waals surface area (Å²) in [6.07, 6.45) is 2.53. The minimum Gasteiger partial charge on any atom is -0.477 e. The number of rotatable bonds is 2. The van der Waals surface area contributed by atoms with Crippen molar-refractivity contribution < 1.29 is 14.3 Å². The topological polar surface area (TPSA) is 58.6 Å². The van der Waals surface area contributed by atoms with Gasteiger partial charge >= 0.3 is 0 Å². The molecule has 0 radical (unpaired) electrons. The van der Waals surface area contributed by atoms with Crippen molar-refractivity contribution in [3.63, 3.8) is 0 Å². The highest BCUT2D eigenvalue weighted by atomic mass is 32.1. The maximum atomic E-state index is 13.5. The number of hydrogen-bond acceptors (Lipinski definition) is 4. The molecule has 0 saturated carbocycles. The largest absolute Gasteiger partial charge is 0.477 e. The Hall–Kier alpha value is -2.34. The molecule has 1 aliphatic carbocycles. The van der Waals surface area contributed by atoms with Crippen LogP contribution in [0.25, 0.3) is 0 Å². The number of amides is 2. The van der Waals surface area contributed by atoms with E-state index in [1.165, 1.54) is 16.9 Å². The minimum atomic E-state index is -0.710. The van der Waals surface area contributed by atoms with Gasteiger partial charge in [-0.25, -0.2) is 0 Å². The zero-order valence-electron chi connectivity index (χ0n) is 17.5. The summed E-state index contributed by atoms with van der Waals surface area (Å²) in [5, 5.41) is 2.62. The lowest BCUT2D eigenvalue weighted by atomic mass is 9.72. The number of para-hydroxylation sites is 2. The van der Waals surface area contributed by atoms with Crippen molar-refractivity contribution in [1.82, 2.24) is 5.32 Å². The SMILES string of the molecule is CNC(=O)[C@H]1CN(C(=O)c2cc3c(s2)CC[C@@H](C(C)(C)C)C3)c2ccccc2O1. The number of carbonyl (C=O) groups is 2. The van der Waals surface area contributed by atoms with Crippen LogP contribution in [-0.2, 0) is 17.6 Å². The Morgan fingerprint density at radius 2 is 2.00 bits per heavy atom. The lowest BCUT2D eigenvalue weighted by Gasteiger charge is -2.33. The van der Waals surface area contributed by atoms with Crippen LogP contribution < -0.4 is 15.0 Å². The lowest BCUT2D eigenvalue weighted by Crippen LogP contribution is -2.50. The average Bonchev–Trinajstić information content (AvgIpc) is 3.14. The molecule has 2 aromatic rings. The van der Waals surface area contributed by atoms with Gasteiger partial charge in [-0.3, -0.25) is 14.5 Å². The highest BCUT2D eigenvalue weighted by molar-refractivity contribution is 7.14. The smallest absolute Gasteiger partial charge is 0.268 e. The first-order valence-electron chi connectivity index (χ1n) is 10.2. The predicted molar refractivity (Wildman–Crippen MR) is 116 cm³/mol. The van der Waals surface area contributed by atoms with E-state index in [1.807, 2.05) is 18.2 Å². The summed E-state index contributed by atoms with van der Waals surface area (Å²) in [6, 6.07) is 9.49. The van der Waals surface area contributed by atoms with Gasteiger partial charge in [0.2, 0.25) is 0 Å². The van der Waals surface area contributed by atoms with E-state index < -0.39 is 6.10 Å². The Labute approximate surface area is 176 Å². The number of benzene rings is 1. The van der Waals surface area contributed by atoms with E-state index in [2.05, 4.69) is 32.2 Å². The molecule has 154 valence electrons. The fourth-order valence-electron chi connectivity index (χ4n) is 4.23. The molecule has 1 N–H and O–H groups in total. The number of carbonyl (C=O) groups excluding carboxylic acids is 2. The average molecular weight is 413 g/mol. The van der Waals surface area contributed by atoms with Crippen molar-refractivity contribution in [3.8, 4) is 5.75 Å². The van der Waals surface area contributed by atoms with E-state index in [0.29, 0.717) is 11.7 Å². The fraction of sp³-hybridized carbons (Fsp3) is 0.478. The Morgan fingerprint density at radius 1 is 1.24 bits per heavy atom. The summed E-state index contributed by atoms with van der Waals surface area (Å²) in [5.41, 5.74) is 2.30. The number of anilines is 1. The van der Waals surface area contributed by atoms with Gasteiger partial charge in [-0.05, 0) is 54.4 Å². The summed E-state index contributed by atoms with van der Waals surface area (Å²) in [6.45, 7) is 7.10. The van der Waals surface area contributed by atoms with Gasteiger partial charge in [-0.1, -0.05) is 32.9 Å². The van der Waals surface area contributed by atoms with Gasteiger partial charge < -0.3 is 10.1 Å². The molecule has 2 aliphatic rings. The number of nitrogens with zero attached hydrogens (tertiary/aromatic N) is 1. The van der Waals surface area contributed by atoms with Crippen molar-refractivity contribution in [3.05, 3.63) is 45.6 Å². The van der Waals surface area contributed by atoms with Gasteiger partial charge in [0.15, 0.2) is 6.10 Å². The molecular weight excluding hydrogens is 384 g/mol. The molecule has 0 unspecified atom stereocenters. The summed E-state index contributed by atoms with van der Waals surface area (Å²) in [7, 11) is 1.58. The van der Waals surface area contributed by atoms with Crippen molar-refractivity contribution in [2.24, 2.45) is 11.3 Å². The van der Waals surface area contributed by atoms with Crippen LogP contribution in [0.1, 0.15) is 47.3 Å². The zero-order chi connectivity index (χ0) is 20.8. The second-order valence-electron chi connectivity index (χ2n) is 8.97. The third kappa shape index (κ3) is 3.78. The van der Waals surface area contributed by atoms with Gasteiger partial charge in [-0.2, -0.15) is 0 Å². The molecule has 6 heteroatoms. The highest BCUT2D eigenvalue weighted by Gasteiger charge is 2.36. The van der Waals surface area contributed by atoms with Gasteiger partial charge in [0, 0.05) is 11.9 Å². The predicted octanol–water partition coefficient (Wildman–Crippen LogP) is 4.05. The van der Waals surface area contributed by atoms with Crippen LogP contribution >= 0.6 is 11.3 Å². The molecule has 2 amide bonds. The van der Waals surface area contributed by atoms with Crippen LogP contribution in [0.2, 0.25) is 0 Å². The normalized spacial score (nSPS) is 21.0. The summed E-state index contributed by atoms with van der Waals surface area (Å²) >= 11 is 1.61. The molecule has 1 aromatic carbocycles. The molecule has 1 aliphatic heterocycles. The first-order chi connectivity index (χ1) is 13.8. The number of thiophene rings is 1. The number of ether oxygens (including phenoxy) is 1. The Balaban J connectivity index is 1.63. The van der Waals surface area contributed by atoms with Crippen molar-refractivity contribution in [2.45, 2.75) is 46.1 Å². The van der Waals surface area contributed by atoms with Gasteiger partial charge in [0.1, 0.15) is 5.75 Å². The molecule has 0 saturated heterocycles.